The predicted molar refractivity (Wildman–Crippen MR) is 70.6 cm³/mol. The molecule has 2 rings (SSSR count). The van der Waals surface area contributed by atoms with Crippen LogP contribution in [0.15, 0.2) is 12.2 Å². The van der Waals surface area contributed by atoms with Crippen molar-refractivity contribution in [1.82, 2.24) is 4.90 Å². The molecule has 0 radical (unpaired) electrons. The van der Waals surface area contributed by atoms with Crippen LogP contribution in [0, 0.1) is 23.2 Å². The van der Waals surface area contributed by atoms with Gasteiger partial charge < -0.3 is 4.90 Å². The molecule has 96 valence electrons. The fourth-order valence-corrected chi connectivity index (χ4v) is 3.12. The Morgan fingerprint density at radius 3 is 2.65 bits per heavy atom. The van der Waals surface area contributed by atoms with E-state index in [1.165, 1.54) is 0 Å². The van der Waals surface area contributed by atoms with Crippen LogP contribution < -0.4 is 0 Å². The van der Waals surface area contributed by atoms with Gasteiger partial charge in [0.15, 0.2) is 0 Å². The van der Waals surface area contributed by atoms with Crippen molar-refractivity contribution in [2.45, 2.75) is 40.5 Å². The second-order valence-corrected chi connectivity index (χ2v) is 6.98. The van der Waals surface area contributed by atoms with Crippen LogP contribution in [0.25, 0.3) is 0 Å². The molecule has 3 unspecified atom stereocenters. The molecule has 0 aromatic heterocycles. The van der Waals surface area contributed by atoms with Gasteiger partial charge in [0, 0.05) is 19.5 Å². The summed E-state index contributed by atoms with van der Waals surface area (Å²) in [5, 5.41) is 0. The van der Waals surface area contributed by atoms with Gasteiger partial charge in [0.25, 0.3) is 0 Å². The molecule has 2 aliphatic rings. The SMILES string of the molecule is CC1C=CCC2CN(C(=O)CC(C)(C)C)CC12. The van der Waals surface area contributed by atoms with Crippen LogP contribution >= 0.6 is 0 Å². The minimum absolute atomic E-state index is 0.106. The topological polar surface area (TPSA) is 20.3 Å². The van der Waals surface area contributed by atoms with E-state index in [0.29, 0.717) is 30.1 Å². The fraction of sp³-hybridized carbons (Fsp3) is 0.800. The monoisotopic (exact) mass is 235 g/mol. The number of likely N-dealkylation sites (tertiary alicyclic amines) is 1. The quantitative estimate of drug-likeness (QED) is 0.640. The van der Waals surface area contributed by atoms with Crippen molar-refractivity contribution in [2.75, 3.05) is 13.1 Å². The third-order valence-corrected chi connectivity index (χ3v) is 4.08. The number of hydrogen-bond donors (Lipinski definition) is 0. The highest BCUT2D eigenvalue weighted by Gasteiger charge is 2.38. The molecule has 0 N–H and O–H groups in total. The van der Waals surface area contributed by atoms with Crippen LogP contribution in [0.2, 0.25) is 0 Å². The smallest absolute Gasteiger partial charge is 0.223 e. The van der Waals surface area contributed by atoms with E-state index in [-0.39, 0.29) is 5.41 Å². The molecule has 0 bridgehead atoms. The Kier molecular flexibility index (Phi) is 3.33. The molecule has 0 aromatic rings. The van der Waals surface area contributed by atoms with Gasteiger partial charge in [0.05, 0.1) is 0 Å². The van der Waals surface area contributed by atoms with Crippen molar-refractivity contribution in [3.05, 3.63) is 12.2 Å². The summed E-state index contributed by atoms with van der Waals surface area (Å²) in [4.78, 5) is 14.3. The van der Waals surface area contributed by atoms with Gasteiger partial charge in [-0.05, 0) is 29.6 Å². The maximum absolute atomic E-state index is 12.2. The van der Waals surface area contributed by atoms with Crippen molar-refractivity contribution in [3.63, 3.8) is 0 Å². The lowest BCUT2D eigenvalue weighted by molar-refractivity contribution is -0.132. The van der Waals surface area contributed by atoms with Gasteiger partial charge in [0.2, 0.25) is 5.91 Å². The van der Waals surface area contributed by atoms with Crippen LogP contribution in [0.1, 0.15) is 40.5 Å². The van der Waals surface area contributed by atoms with E-state index < -0.39 is 0 Å². The number of amides is 1. The molecule has 1 heterocycles. The number of allylic oxidation sites excluding steroid dienone is 2. The van der Waals surface area contributed by atoms with E-state index in [1.54, 1.807) is 0 Å². The Bertz CT molecular complexity index is 326. The molecule has 3 atom stereocenters. The summed E-state index contributed by atoms with van der Waals surface area (Å²) < 4.78 is 0. The molecule has 1 saturated heterocycles. The first kappa shape index (κ1) is 12.7. The van der Waals surface area contributed by atoms with Gasteiger partial charge in [-0.1, -0.05) is 39.8 Å². The summed E-state index contributed by atoms with van der Waals surface area (Å²) in [6.45, 7) is 10.7. The van der Waals surface area contributed by atoms with Crippen molar-refractivity contribution in [3.8, 4) is 0 Å². The van der Waals surface area contributed by atoms with Crippen molar-refractivity contribution < 1.29 is 4.79 Å². The molecule has 2 heteroatoms. The highest BCUT2D eigenvalue weighted by molar-refractivity contribution is 5.77. The van der Waals surface area contributed by atoms with E-state index in [2.05, 4.69) is 44.7 Å². The standard InChI is InChI=1S/C15H25NO/c1-11-6-5-7-12-9-16(10-13(11)12)14(17)8-15(2,3)4/h5-6,11-13H,7-10H2,1-4H3. The van der Waals surface area contributed by atoms with E-state index in [0.717, 1.165) is 19.5 Å². The first-order chi connectivity index (χ1) is 7.87. The van der Waals surface area contributed by atoms with Crippen molar-refractivity contribution in [1.29, 1.82) is 0 Å². The zero-order chi connectivity index (χ0) is 12.6. The van der Waals surface area contributed by atoms with Crippen molar-refractivity contribution in [2.24, 2.45) is 23.2 Å². The Labute approximate surface area is 105 Å². The molecule has 0 spiro atoms. The molecule has 2 nitrogen and oxygen atoms in total. The molecular weight excluding hydrogens is 210 g/mol. The zero-order valence-corrected chi connectivity index (χ0v) is 11.6. The maximum atomic E-state index is 12.2. The second kappa shape index (κ2) is 4.47. The summed E-state index contributed by atoms with van der Waals surface area (Å²) in [5.74, 6) is 2.39. The number of carbonyl (C=O) groups is 1. The lowest BCUT2D eigenvalue weighted by Crippen LogP contribution is -2.32. The minimum atomic E-state index is 0.106. The number of carbonyl (C=O) groups excluding carboxylic acids is 1. The Morgan fingerprint density at radius 2 is 2.06 bits per heavy atom. The summed E-state index contributed by atoms with van der Waals surface area (Å²) >= 11 is 0. The van der Waals surface area contributed by atoms with Crippen molar-refractivity contribution >= 4 is 5.91 Å². The first-order valence-electron chi connectivity index (χ1n) is 6.81. The third-order valence-electron chi connectivity index (χ3n) is 4.08. The Balaban J connectivity index is 1.96. The highest BCUT2D eigenvalue weighted by Crippen LogP contribution is 2.37. The number of rotatable bonds is 1. The molecule has 1 aliphatic carbocycles. The van der Waals surface area contributed by atoms with E-state index >= 15 is 0 Å². The highest BCUT2D eigenvalue weighted by atomic mass is 16.2. The van der Waals surface area contributed by atoms with Crippen LogP contribution in [0.4, 0.5) is 0 Å². The molecule has 1 aliphatic heterocycles. The van der Waals surface area contributed by atoms with Gasteiger partial charge in [-0.15, -0.1) is 0 Å². The second-order valence-electron chi connectivity index (χ2n) is 6.98. The van der Waals surface area contributed by atoms with Gasteiger partial charge >= 0.3 is 0 Å². The van der Waals surface area contributed by atoms with Crippen LogP contribution in [-0.2, 0) is 4.79 Å². The van der Waals surface area contributed by atoms with Crippen LogP contribution in [0.5, 0.6) is 0 Å². The summed E-state index contributed by atoms with van der Waals surface area (Å²) in [7, 11) is 0. The Morgan fingerprint density at radius 1 is 1.35 bits per heavy atom. The largest absolute Gasteiger partial charge is 0.342 e. The molecule has 17 heavy (non-hydrogen) atoms. The fourth-order valence-electron chi connectivity index (χ4n) is 3.12. The molecular formula is C15H25NO. The summed E-state index contributed by atoms with van der Waals surface area (Å²) in [6.07, 6.45) is 6.45. The molecule has 1 fully saturated rings. The third kappa shape index (κ3) is 2.91. The zero-order valence-electron chi connectivity index (χ0n) is 11.6. The maximum Gasteiger partial charge on any atom is 0.223 e. The van der Waals surface area contributed by atoms with Gasteiger partial charge in [0.1, 0.15) is 0 Å². The van der Waals surface area contributed by atoms with E-state index in [1.807, 2.05) is 0 Å². The average molecular weight is 235 g/mol. The van der Waals surface area contributed by atoms with Gasteiger partial charge in [-0.25, -0.2) is 0 Å². The predicted octanol–water partition coefficient (Wildman–Crippen LogP) is 3.09. The van der Waals surface area contributed by atoms with Crippen LogP contribution in [0.3, 0.4) is 0 Å². The van der Waals surface area contributed by atoms with E-state index in [9.17, 15) is 4.79 Å². The number of nitrogens with zero attached hydrogens (tertiary/aromatic N) is 1. The van der Waals surface area contributed by atoms with Crippen LogP contribution in [-0.4, -0.2) is 23.9 Å². The first-order valence-corrected chi connectivity index (χ1v) is 6.81. The average Bonchev–Trinajstić information content (AvgIpc) is 2.60. The minimum Gasteiger partial charge on any atom is -0.342 e. The molecule has 0 saturated carbocycles. The van der Waals surface area contributed by atoms with Gasteiger partial charge in [-0.3, -0.25) is 4.79 Å². The lowest BCUT2D eigenvalue weighted by Gasteiger charge is -2.25. The molecule has 1 amide bonds. The molecule has 0 aromatic carbocycles. The number of hydrogen-bond acceptors (Lipinski definition) is 1. The summed E-state index contributed by atoms with van der Waals surface area (Å²) in [5.41, 5.74) is 0.106. The summed E-state index contributed by atoms with van der Waals surface area (Å²) in [6, 6.07) is 0. The van der Waals surface area contributed by atoms with Gasteiger partial charge in [-0.2, -0.15) is 0 Å². The Hall–Kier alpha value is -0.790. The number of fused-ring (bicyclic) bond motifs is 1. The van der Waals surface area contributed by atoms with E-state index in [4.69, 9.17) is 0 Å². The lowest BCUT2D eigenvalue weighted by atomic mass is 9.79. The normalized spacial score (nSPS) is 32.7.